The Balaban J connectivity index is 1.93. The summed E-state index contributed by atoms with van der Waals surface area (Å²) in [6.45, 7) is 7.81. The van der Waals surface area contributed by atoms with Crippen molar-refractivity contribution in [3.63, 3.8) is 0 Å². The molecule has 144 valence electrons. The first-order valence-electron chi connectivity index (χ1n) is 8.70. The molecular weight excluding hydrogens is 341 g/mol. The molecule has 1 heterocycles. The van der Waals surface area contributed by atoms with Crippen molar-refractivity contribution in [2.24, 2.45) is 0 Å². The second-order valence-electron chi connectivity index (χ2n) is 7.32. The highest BCUT2D eigenvalue weighted by atomic mass is 19.1. The average Bonchev–Trinajstić information content (AvgIpc) is 2.54. The Hall–Kier alpha value is -2.31. The normalized spacial score (nSPS) is 15.5. The van der Waals surface area contributed by atoms with E-state index in [0.717, 1.165) is 0 Å². The third kappa shape index (κ3) is 6.20. The van der Waals surface area contributed by atoms with E-state index in [-0.39, 0.29) is 18.8 Å². The van der Waals surface area contributed by atoms with Crippen LogP contribution in [0.25, 0.3) is 0 Å². The number of nitrogens with zero attached hydrogens (tertiary/aromatic N) is 1. The summed E-state index contributed by atoms with van der Waals surface area (Å²) in [5, 5.41) is 0. The smallest absolute Gasteiger partial charge is 0.410 e. The van der Waals surface area contributed by atoms with Gasteiger partial charge in [-0.15, -0.1) is 0 Å². The van der Waals surface area contributed by atoms with Crippen LogP contribution >= 0.6 is 0 Å². The van der Waals surface area contributed by atoms with Crippen molar-refractivity contribution in [1.82, 2.24) is 4.90 Å². The van der Waals surface area contributed by atoms with Crippen LogP contribution in [-0.4, -0.2) is 41.8 Å². The zero-order valence-corrected chi connectivity index (χ0v) is 15.7. The van der Waals surface area contributed by atoms with Gasteiger partial charge in [0.05, 0.1) is 0 Å². The number of amides is 1. The third-order valence-electron chi connectivity index (χ3n) is 3.84. The van der Waals surface area contributed by atoms with E-state index >= 15 is 0 Å². The number of piperidine rings is 1. The minimum atomic E-state index is -0.524. The monoisotopic (exact) mass is 367 g/mol. The Kier molecular flexibility index (Phi) is 6.45. The van der Waals surface area contributed by atoms with E-state index in [1.54, 1.807) is 4.90 Å². The van der Waals surface area contributed by atoms with Crippen LogP contribution in [0.5, 0.6) is 5.75 Å². The van der Waals surface area contributed by atoms with Crippen LogP contribution < -0.4 is 4.74 Å². The molecule has 0 spiro atoms. The van der Waals surface area contributed by atoms with Crippen molar-refractivity contribution in [2.45, 2.75) is 58.8 Å². The summed E-state index contributed by atoms with van der Waals surface area (Å²) in [6.07, 6.45) is 0.858. The Bertz CT molecular complexity index is 648. The lowest BCUT2D eigenvalue weighted by Crippen LogP contribution is -2.44. The van der Waals surface area contributed by atoms with Gasteiger partial charge in [-0.05, 0) is 39.0 Å². The van der Waals surface area contributed by atoms with Gasteiger partial charge in [0, 0.05) is 38.4 Å². The first-order valence-corrected chi connectivity index (χ1v) is 8.70. The highest BCUT2D eigenvalue weighted by Crippen LogP contribution is 2.25. The molecule has 1 aliphatic rings. The summed E-state index contributed by atoms with van der Waals surface area (Å²) in [5.41, 5.74) is -0.0424. The van der Waals surface area contributed by atoms with Gasteiger partial charge < -0.3 is 19.1 Å². The Morgan fingerprint density at radius 1 is 1.23 bits per heavy atom. The molecule has 0 N–H and O–H groups in total. The number of hydrogen-bond acceptors (Lipinski definition) is 5. The number of likely N-dealkylation sites (tertiary alicyclic amines) is 1. The number of esters is 1. The molecule has 1 saturated heterocycles. The number of halogens is 1. The van der Waals surface area contributed by atoms with Gasteiger partial charge in [-0.3, -0.25) is 4.79 Å². The fourth-order valence-electron chi connectivity index (χ4n) is 2.62. The lowest BCUT2D eigenvalue weighted by Gasteiger charge is -2.33. The predicted molar refractivity (Wildman–Crippen MR) is 93.3 cm³/mol. The Labute approximate surface area is 153 Å². The van der Waals surface area contributed by atoms with Gasteiger partial charge in [0.2, 0.25) is 0 Å². The van der Waals surface area contributed by atoms with E-state index in [1.165, 1.54) is 25.1 Å². The van der Waals surface area contributed by atoms with Crippen molar-refractivity contribution in [2.75, 3.05) is 13.1 Å². The molecule has 0 radical (unpaired) electrons. The molecule has 26 heavy (non-hydrogen) atoms. The number of carbonyl (C=O) groups is 2. The standard InChI is InChI=1S/C19H26FNO5/c1-13(22)24-12-14-11-15(20)5-6-17(14)25-16-7-9-21(10-8-16)18(23)26-19(2,3)4/h5-6,11,16H,7-10,12H2,1-4H3. The molecule has 1 fully saturated rings. The second-order valence-corrected chi connectivity index (χ2v) is 7.32. The zero-order chi connectivity index (χ0) is 19.3. The molecule has 1 amide bonds. The molecule has 0 aromatic heterocycles. The fraction of sp³-hybridized carbons (Fsp3) is 0.579. The van der Waals surface area contributed by atoms with Gasteiger partial charge in [0.15, 0.2) is 0 Å². The number of ether oxygens (including phenoxy) is 3. The molecule has 1 aromatic carbocycles. The van der Waals surface area contributed by atoms with Gasteiger partial charge >= 0.3 is 12.1 Å². The molecule has 7 heteroatoms. The zero-order valence-electron chi connectivity index (χ0n) is 15.7. The minimum Gasteiger partial charge on any atom is -0.490 e. The van der Waals surface area contributed by atoms with Crippen molar-refractivity contribution >= 4 is 12.1 Å². The van der Waals surface area contributed by atoms with E-state index in [1.807, 2.05) is 20.8 Å². The predicted octanol–water partition coefficient (Wildman–Crippen LogP) is 3.67. The second kappa shape index (κ2) is 8.38. The van der Waals surface area contributed by atoms with E-state index in [9.17, 15) is 14.0 Å². The van der Waals surface area contributed by atoms with Gasteiger partial charge in [0.25, 0.3) is 0 Å². The van der Waals surface area contributed by atoms with Crippen LogP contribution in [0.1, 0.15) is 46.1 Å². The third-order valence-corrected chi connectivity index (χ3v) is 3.84. The molecule has 0 unspecified atom stereocenters. The van der Waals surface area contributed by atoms with Gasteiger partial charge in [-0.25, -0.2) is 9.18 Å². The summed E-state index contributed by atoms with van der Waals surface area (Å²) in [4.78, 5) is 24.8. The first kappa shape index (κ1) is 20.0. The fourth-order valence-corrected chi connectivity index (χ4v) is 2.62. The van der Waals surface area contributed by atoms with Gasteiger partial charge in [0.1, 0.15) is 29.9 Å². The van der Waals surface area contributed by atoms with E-state index < -0.39 is 17.4 Å². The van der Waals surface area contributed by atoms with Crippen LogP contribution in [-0.2, 0) is 20.9 Å². The molecular formula is C19H26FNO5. The summed E-state index contributed by atoms with van der Waals surface area (Å²) < 4.78 is 29.8. The largest absolute Gasteiger partial charge is 0.490 e. The number of benzene rings is 1. The SMILES string of the molecule is CC(=O)OCc1cc(F)ccc1OC1CCN(C(=O)OC(C)(C)C)CC1. The number of rotatable bonds is 4. The first-order chi connectivity index (χ1) is 12.1. The molecule has 2 rings (SSSR count). The average molecular weight is 367 g/mol. The van der Waals surface area contributed by atoms with E-state index in [0.29, 0.717) is 37.2 Å². The molecule has 1 aliphatic heterocycles. The highest BCUT2D eigenvalue weighted by molar-refractivity contribution is 5.68. The summed E-state index contributed by atoms with van der Waals surface area (Å²) >= 11 is 0. The summed E-state index contributed by atoms with van der Waals surface area (Å²) in [7, 11) is 0. The molecule has 0 bridgehead atoms. The molecule has 0 atom stereocenters. The van der Waals surface area contributed by atoms with Gasteiger partial charge in [-0.1, -0.05) is 0 Å². The number of carbonyl (C=O) groups excluding carboxylic acids is 2. The molecule has 0 aliphatic carbocycles. The van der Waals surface area contributed by atoms with Crippen molar-refractivity contribution in [3.05, 3.63) is 29.6 Å². The van der Waals surface area contributed by atoms with Gasteiger partial charge in [-0.2, -0.15) is 0 Å². The summed E-state index contributed by atoms with van der Waals surface area (Å²) in [5.74, 6) is -0.367. The Morgan fingerprint density at radius 2 is 1.88 bits per heavy atom. The molecule has 6 nitrogen and oxygen atoms in total. The number of hydrogen-bond donors (Lipinski definition) is 0. The Morgan fingerprint density at radius 3 is 2.46 bits per heavy atom. The van der Waals surface area contributed by atoms with Crippen LogP contribution in [0.4, 0.5) is 9.18 Å². The van der Waals surface area contributed by atoms with Crippen molar-refractivity contribution in [1.29, 1.82) is 0 Å². The van der Waals surface area contributed by atoms with E-state index in [2.05, 4.69) is 0 Å². The maximum absolute atomic E-state index is 13.5. The van der Waals surface area contributed by atoms with Crippen molar-refractivity contribution in [3.8, 4) is 5.75 Å². The van der Waals surface area contributed by atoms with Crippen LogP contribution in [0, 0.1) is 5.82 Å². The summed E-state index contributed by atoms with van der Waals surface area (Å²) in [6, 6.07) is 4.14. The maximum Gasteiger partial charge on any atom is 0.410 e. The van der Waals surface area contributed by atoms with Crippen LogP contribution in [0.2, 0.25) is 0 Å². The molecule has 0 saturated carbocycles. The highest BCUT2D eigenvalue weighted by Gasteiger charge is 2.28. The lowest BCUT2D eigenvalue weighted by molar-refractivity contribution is -0.142. The van der Waals surface area contributed by atoms with Crippen LogP contribution in [0.15, 0.2) is 18.2 Å². The lowest BCUT2D eigenvalue weighted by atomic mass is 10.1. The molecule has 1 aromatic rings. The quantitative estimate of drug-likeness (QED) is 0.760. The van der Waals surface area contributed by atoms with Crippen LogP contribution in [0.3, 0.4) is 0 Å². The topological polar surface area (TPSA) is 65.1 Å². The van der Waals surface area contributed by atoms with Crippen molar-refractivity contribution < 1.29 is 28.2 Å². The minimum absolute atomic E-state index is 0.0425. The van der Waals surface area contributed by atoms with E-state index in [4.69, 9.17) is 14.2 Å². The maximum atomic E-state index is 13.5.